The van der Waals surface area contributed by atoms with Gasteiger partial charge in [0.1, 0.15) is 10.9 Å². The maximum atomic E-state index is 13.8. The van der Waals surface area contributed by atoms with Crippen LogP contribution in [0.25, 0.3) is 11.1 Å². The zero-order valence-corrected chi connectivity index (χ0v) is 24.0. The Morgan fingerprint density at radius 2 is 1.86 bits per heavy atom. The molecule has 2 aromatic carbocycles. The summed E-state index contributed by atoms with van der Waals surface area (Å²) >= 11 is 0. The molecule has 9 nitrogen and oxygen atoms in total. The fourth-order valence-corrected chi connectivity index (χ4v) is 6.39. The van der Waals surface area contributed by atoms with E-state index in [4.69, 9.17) is 5.73 Å². The van der Waals surface area contributed by atoms with E-state index < -0.39 is 28.1 Å². The molecule has 3 aromatic rings. The molecule has 1 fully saturated rings. The number of para-hydroxylation sites is 1. The van der Waals surface area contributed by atoms with Crippen molar-refractivity contribution in [3.05, 3.63) is 83.7 Å². The van der Waals surface area contributed by atoms with Crippen LogP contribution in [0.4, 0.5) is 20.2 Å². The molecule has 1 aromatic heterocycles. The van der Waals surface area contributed by atoms with Gasteiger partial charge in [-0.15, -0.1) is 0 Å². The van der Waals surface area contributed by atoms with Crippen LogP contribution >= 0.6 is 0 Å². The van der Waals surface area contributed by atoms with E-state index in [2.05, 4.69) is 15.0 Å². The topological polar surface area (TPSA) is 134 Å². The smallest absolute Gasteiger partial charge is 0.269 e. The Morgan fingerprint density at radius 3 is 2.50 bits per heavy atom. The van der Waals surface area contributed by atoms with E-state index in [1.54, 1.807) is 30.3 Å². The zero-order chi connectivity index (χ0) is 30.3. The Morgan fingerprint density at radius 1 is 1.12 bits per heavy atom. The number of carbonyl (C=O) groups excluding carboxylic acids is 2. The number of nitrogens with one attached hydrogen (secondary N) is 2. The Labute approximate surface area is 243 Å². The van der Waals surface area contributed by atoms with E-state index in [0.717, 1.165) is 11.3 Å². The summed E-state index contributed by atoms with van der Waals surface area (Å²) in [6.07, 6.45) is 1.24. The van der Waals surface area contributed by atoms with Crippen LogP contribution in [0.1, 0.15) is 36.9 Å². The first-order valence-electron chi connectivity index (χ1n) is 13.5. The Balaban J connectivity index is 1.63. The SMILES string of the molecule is Cc1cccc(-c2cccc(S(=O)(=O)N[C@@H](CCCc3ccc(N)cn3)C(=O)N3CCC(=C(F)F)CC3)c2NC=O)c1. The summed E-state index contributed by atoms with van der Waals surface area (Å²) in [5.41, 5.74) is 9.17. The molecular formula is C30H33F2N5O4S. The van der Waals surface area contributed by atoms with Crippen molar-refractivity contribution in [2.75, 3.05) is 24.1 Å². The number of likely N-dealkylation sites (tertiary alicyclic amines) is 1. The Kier molecular flexibility index (Phi) is 10.0. The summed E-state index contributed by atoms with van der Waals surface area (Å²) < 4.78 is 56.4. The maximum absolute atomic E-state index is 13.8. The van der Waals surface area contributed by atoms with Crippen molar-refractivity contribution in [1.29, 1.82) is 0 Å². The molecule has 1 aliphatic heterocycles. The van der Waals surface area contributed by atoms with Gasteiger partial charge in [0.05, 0.1) is 17.6 Å². The summed E-state index contributed by atoms with van der Waals surface area (Å²) in [6.45, 7) is 2.02. The number of benzene rings is 2. The molecule has 2 heterocycles. The molecule has 1 atom stereocenters. The molecule has 4 N–H and O–H groups in total. The number of aromatic nitrogens is 1. The lowest BCUT2D eigenvalue weighted by molar-refractivity contribution is -0.133. The van der Waals surface area contributed by atoms with Gasteiger partial charge in [-0.1, -0.05) is 42.0 Å². The average Bonchev–Trinajstić information content (AvgIpc) is 2.97. The highest BCUT2D eigenvalue weighted by Crippen LogP contribution is 2.34. The number of nitrogen functional groups attached to an aromatic ring is 1. The van der Waals surface area contributed by atoms with Gasteiger partial charge in [0, 0.05) is 24.3 Å². The molecule has 0 unspecified atom stereocenters. The molecule has 0 radical (unpaired) electrons. The van der Waals surface area contributed by atoms with E-state index in [1.165, 1.54) is 17.2 Å². The third-order valence-corrected chi connectivity index (χ3v) is 8.68. The summed E-state index contributed by atoms with van der Waals surface area (Å²) in [7, 11) is -4.34. The van der Waals surface area contributed by atoms with Crippen molar-refractivity contribution in [3.8, 4) is 11.1 Å². The van der Waals surface area contributed by atoms with Crippen molar-refractivity contribution in [2.45, 2.75) is 50.0 Å². The van der Waals surface area contributed by atoms with Gasteiger partial charge in [-0.25, -0.2) is 8.42 Å². The molecule has 222 valence electrons. The highest BCUT2D eigenvalue weighted by molar-refractivity contribution is 7.89. The van der Waals surface area contributed by atoms with Gasteiger partial charge in [-0.2, -0.15) is 13.5 Å². The van der Waals surface area contributed by atoms with Gasteiger partial charge in [-0.3, -0.25) is 14.6 Å². The molecule has 42 heavy (non-hydrogen) atoms. The molecule has 0 bridgehead atoms. The van der Waals surface area contributed by atoms with E-state index in [0.29, 0.717) is 36.1 Å². The molecule has 2 amide bonds. The van der Waals surface area contributed by atoms with Crippen LogP contribution < -0.4 is 15.8 Å². The Bertz CT molecular complexity index is 1560. The average molecular weight is 598 g/mol. The number of carbonyl (C=O) groups is 2. The van der Waals surface area contributed by atoms with Gasteiger partial charge in [-0.05, 0) is 68.4 Å². The quantitative estimate of drug-likeness (QED) is 0.276. The molecule has 4 rings (SSSR count). The lowest BCUT2D eigenvalue weighted by atomic mass is 10.0. The molecular weight excluding hydrogens is 564 g/mol. The van der Waals surface area contributed by atoms with E-state index in [1.807, 2.05) is 25.1 Å². The minimum atomic E-state index is -4.34. The summed E-state index contributed by atoms with van der Waals surface area (Å²) in [5.74, 6) is -0.498. The number of piperidine rings is 1. The van der Waals surface area contributed by atoms with E-state index in [-0.39, 0.29) is 48.5 Å². The minimum absolute atomic E-state index is 0.00292. The largest absolute Gasteiger partial charge is 0.397 e. The standard InChI is InChI=1S/C30H33F2N5O4S/c1-20-5-2-6-22(17-20)25-8-4-10-27(28(25)35-19-38)42(40,41)36-26(9-3-7-24-12-11-23(33)18-34-24)30(39)37-15-13-21(14-16-37)29(31)32/h2,4-6,8,10-12,17-19,26,36H,3,7,9,13-16,33H2,1H3,(H,35,38)/t26-/m0/s1. The van der Waals surface area contributed by atoms with Crippen LogP contribution in [-0.2, 0) is 26.0 Å². The number of halogens is 2. The van der Waals surface area contributed by atoms with E-state index >= 15 is 0 Å². The predicted molar refractivity (Wildman–Crippen MR) is 157 cm³/mol. The van der Waals surface area contributed by atoms with E-state index in [9.17, 15) is 26.8 Å². The summed E-state index contributed by atoms with van der Waals surface area (Å²) in [5, 5.41) is 2.53. The number of pyridine rings is 1. The first-order chi connectivity index (χ1) is 20.1. The highest BCUT2D eigenvalue weighted by atomic mass is 32.2. The zero-order valence-electron chi connectivity index (χ0n) is 23.1. The normalized spacial score (nSPS) is 14.4. The number of nitrogens with two attached hydrogens (primary N) is 1. The van der Waals surface area contributed by atoms with Crippen LogP contribution in [0.5, 0.6) is 0 Å². The van der Waals surface area contributed by atoms with Crippen molar-refractivity contribution in [1.82, 2.24) is 14.6 Å². The second-order valence-electron chi connectivity index (χ2n) is 10.1. The first kappa shape index (κ1) is 30.8. The van der Waals surface area contributed by atoms with Crippen LogP contribution in [0.2, 0.25) is 0 Å². The maximum Gasteiger partial charge on any atom is 0.269 e. The van der Waals surface area contributed by atoms with Gasteiger partial charge in [0.2, 0.25) is 22.3 Å². The fourth-order valence-electron chi connectivity index (χ4n) is 4.98. The lowest BCUT2D eigenvalue weighted by Gasteiger charge is -2.31. The van der Waals surface area contributed by atoms with Gasteiger partial charge in [0.15, 0.2) is 0 Å². The highest BCUT2D eigenvalue weighted by Gasteiger charge is 2.32. The molecule has 0 aliphatic carbocycles. The number of hydrogen-bond donors (Lipinski definition) is 3. The van der Waals surface area contributed by atoms with Crippen LogP contribution in [-0.4, -0.2) is 49.8 Å². The van der Waals surface area contributed by atoms with Gasteiger partial charge < -0.3 is 16.0 Å². The van der Waals surface area contributed by atoms with Crippen LogP contribution in [0, 0.1) is 6.92 Å². The number of sulfonamides is 1. The molecule has 1 saturated heterocycles. The van der Waals surface area contributed by atoms with Gasteiger partial charge >= 0.3 is 0 Å². The minimum Gasteiger partial charge on any atom is -0.397 e. The number of amides is 2. The number of hydrogen-bond acceptors (Lipinski definition) is 6. The third-order valence-electron chi connectivity index (χ3n) is 7.16. The number of aryl methyl sites for hydroxylation is 2. The predicted octanol–water partition coefficient (Wildman–Crippen LogP) is 4.65. The Hall–Kier alpha value is -4.16. The molecule has 0 spiro atoms. The first-order valence-corrected chi connectivity index (χ1v) is 15.0. The third kappa shape index (κ3) is 7.56. The molecule has 1 aliphatic rings. The summed E-state index contributed by atoms with van der Waals surface area (Å²) in [4.78, 5) is 30.6. The number of nitrogens with zero attached hydrogens (tertiary/aromatic N) is 2. The molecule has 12 heteroatoms. The van der Waals surface area contributed by atoms with Crippen molar-refractivity contribution in [3.63, 3.8) is 0 Å². The number of rotatable bonds is 11. The lowest BCUT2D eigenvalue weighted by Crippen LogP contribution is -2.50. The second-order valence-corrected chi connectivity index (χ2v) is 11.8. The monoisotopic (exact) mass is 597 g/mol. The molecule has 0 saturated carbocycles. The second kappa shape index (κ2) is 13.7. The van der Waals surface area contributed by atoms with Crippen molar-refractivity contribution >= 4 is 33.7 Å². The van der Waals surface area contributed by atoms with Crippen molar-refractivity contribution < 1.29 is 26.8 Å². The number of anilines is 2. The summed E-state index contributed by atoms with van der Waals surface area (Å²) in [6, 6.07) is 14.3. The van der Waals surface area contributed by atoms with Crippen LogP contribution in [0.3, 0.4) is 0 Å². The van der Waals surface area contributed by atoms with Crippen molar-refractivity contribution in [2.24, 2.45) is 0 Å². The van der Waals surface area contributed by atoms with Gasteiger partial charge in [0.25, 0.3) is 6.08 Å². The van der Waals surface area contributed by atoms with Crippen LogP contribution in [0.15, 0.2) is 77.3 Å². The fraction of sp³-hybridized carbons (Fsp3) is 0.300.